The first-order valence-corrected chi connectivity index (χ1v) is 26.1. The van der Waals surface area contributed by atoms with Gasteiger partial charge in [0.05, 0.1) is 40.9 Å². The van der Waals surface area contributed by atoms with Gasteiger partial charge in [-0.15, -0.1) is 0 Å². The van der Waals surface area contributed by atoms with E-state index in [9.17, 15) is 34.8 Å². The average Bonchev–Trinajstić information content (AvgIpc) is 3.85. The highest BCUT2D eigenvalue weighted by Gasteiger charge is 2.50. The Bertz CT molecular complexity index is 2640. The summed E-state index contributed by atoms with van der Waals surface area (Å²) in [6, 6.07) is 0. The molecule has 17 heteroatoms. The summed E-state index contributed by atoms with van der Waals surface area (Å²) >= 11 is 0. The standard InChI is InChI=1S/C55H78N6O11/c1-30(2)29-60-24-20-55(21-25-60)57-41-38-39-46(64)36(8)49-40(38)50(66)53(9,72-49)70-28-15-37(69-11)33(5)48(71-52(68)61-26-18-54(19-27-61)16-22-59(10)23-17-54)35(7)45(63)34(6)44(62)31(3)13-12-14-32(4)51(67)56-43(47(39)65)42(41)58-55/h12-15,28,30-31,33-35,37,44-45,48,62-65H,16-27,29H2,1-11H3,(H,56,67)/b13-12+,28-15+,32-14-/t31?,33-,34-,35-,37+,44+,45-,48-,53+/m1/s1. The van der Waals surface area contributed by atoms with Crippen molar-refractivity contribution in [3.05, 3.63) is 58.0 Å². The average molecular weight is 999 g/mol. The molecule has 2 aromatic carbocycles. The highest BCUT2D eigenvalue weighted by atomic mass is 16.7. The van der Waals surface area contributed by atoms with E-state index in [0.717, 1.165) is 45.3 Å². The topological polar surface area (TPSA) is 216 Å². The van der Waals surface area contributed by atoms with Gasteiger partial charge in [-0.3, -0.25) is 19.6 Å². The van der Waals surface area contributed by atoms with E-state index < -0.39 is 83.1 Å². The number of ketones is 1. The molecule has 7 aliphatic heterocycles. The number of aliphatic hydroxyl groups is 2. The van der Waals surface area contributed by atoms with E-state index in [2.05, 4.69) is 36.0 Å². The second-order valence-corrected chi connectivity index (χ2v) is 22.5. The molecule has 0 radical (unpaired) electrons. The highest BCUT2D eigenvalue weighted by molar-refractivity contribution is 6.19. The number of anilines is 1. The molecule has 72 heavy (non-hydrogen) atoms. The summed E-state index contributed by atoms with van der Waals surface area (Å²) in [6.45, 7) is 21.7. The summed E-state index contributed by atoms with van der Waals surface area (Å²) in [5.74, 6) is -5.97. The van der Waals surface area contributed by atoms with Crippen molar-refractivity contribution in [2.24, 2.45) is 45.0 Å². The zero-order valence-corrected chi connectivity index (χ0v) is 44.2. The molecular weight excluding hydrogens is 921 g/mol. The number of likely N-dealkylation sites (tertiary alicyclic amines) is 3. The maximum Gasteiger partial charge on any atom is 0.410 e. The fourth-order valence-corrected chi connectivity index (χ4v) is 12.0. The Hall–Kier alpha value is -5.07. The van der Waals surface area contributed by atoms with Gasteiger partial charge in [0.25, 0.3) is 11.7 Å². The van der Waals surface area contributed by atoms with Crippen LogP contribution in [0.15, 0.2) is 46.1 Å². The first kappa shape index (κ1) is 53.2. The van der Waals surface area contributed by atoms with Crippen LogP contribution in [0.5, 0.6) is 17.2 Å². The number of rotatable bonds is 4. The predicted molar refractivity (Wildman–Crippen MR) is 272 cm³/mol. The van der Waals surface area contributed by atoms with Crippen LogP contribution in [0.1, 0.15) is 110 Å². The van der Waals surface area contributed by atoms with Crippen LogP contribution in [-0.4, -0.2) is 149 Å². The Balaban J connectivity index is 1.19. The molecule has 2 amide bonds. The van der Waals surface area contributed by atoms with Crippen LogP contribution in [0.25, 0.3) is 10.8 Å². The summed E-state index contributed by atoms with van der Waals surface area (Å²) < 4.78 is 25.1. The van der Waals surface area contributed by atoms with Gasteiger partial charge < -0.3 is 59.4 Å². The van der Waals surface area contributed by atoms with Crippen LogP contribution in [-0.2, 0) is 19.0 Å². The van der Waals surface area contributed by atoms with Gasteiger partial charge in [0.2, 0.25) is 0 Å². The van der Waals surface area contributed by atoms with Crippen molar-refractivity contribution in [1.82, 2.24) is 14.7 Å². The lowest BCUT2D eigenvalue weighted by atomic mass is 9.71. The third kappa shape index (κ3) is 10.00. The lowest BCUT2D eigenvalue weighted by molar-refractivity contribution is -0.112. The molecule has 2 spiro atoms. The number of carbonyl (C=O) groups excluding carboxylic acids is 3. The summed E-state index contributed by atoms with van der Waals surface area (Å²) in [7, 11) is 3.65. The Labute approximate surface area is 423 Å². The lowest BCUT2D eigenvalue weighted by Gasteiger charge is -2.46. The smallest absolute Gasteiger partial charge is 0.410 e. The number of benzene rings is 2. The number of hydrogen-bond donors (Lipinski definition) is 5. The number of Topliss-reactive ketones (excluding diaryl/α,β-unsaturated/α-hetero) is 1. The largest absolute Gasteiger partial charge is 0.507 e. The molecule has 9 rings (SSSR count). The summed E-state index contributed by atoms with van der Waals surface area (Å²) in [4.78, 5) is 60.1. The monoisotopic (exact) mass is 999 g/mol. The number of aromatic hydroxyl groups is 2. The number of nitrogens with zero attached hydrogens (tertiary/aromatic N) is 5. The Morgan fingerprint density at radius 1 is 0.861 bits per heavy atom. The van der Waals surface area contributed by atoms with Gasteiger partial charge in [0.1, 0.15) is 28.6 Å². The molecule has 394 valence electrons. The first-order chi connectivity index (χ1) is 34.0. The van der Waals surface area contributed by atoms with Crippen LogP contribution in [0.3, 0.4) is 0 Å². The molecule has 5 bridgehead atoms. The van der Waals surface area contributed by atoms with Gasteiger partial charge in [-0.05, 0) is 77.1 Å². The molecule has 5 N–H and O–H groups in total. The SMILES string of the molecule is CO[C@H]1/C=C/O[C@@]2(C)Oc3c(C)c(O)c4c(O)c(c5c(c4c3C2=O)=NC2(CCN(CC(C)C)CC2)N=5)NC(=O)/C(C)=C\C=C\C(C)[C@H](O)[C@@H](C)[C@@H](O)[C@@H](C)[C@H](OC(=O)N2CCC3(CCN(C)CC3)CC2)[C@@H]1C. The number of methoxy groups -OCH3 is 1. The fourth-order valence-electron chi connectivity index (χ4n) is 12.0. The molecule has 3 fully saturated rings. The van der Waals surface area contributed by atoms with E-state index in [1.165, 1.54) is 20.3 Å². The Kier molecular flexibility index (Phi) is 15.3. The van der Waals surface area contributed by atoms with E-state index in [0.29, 0.717) is 44.9 Å². The van der Waals surface area contributed by atoms with Gasteiger partial charge in [-0.2, -0.15) is 0 Å². The third-order valence-electron chi connectivity index (χ3n) is 17.0. The second-order valence-electron chi connectivity index (χ2n) is 22.5. The van der Waals surface area contributed by atoms with E-state index in [4.69, 9.17) is 28.9 Å². The number of amides is 2. The summed E-state index contributed by atoms with van der Waals surface area (Å²) in [6.07, 6.45) is 8.56. The number of piperidine rings is 3. The molecule has 9 atom stereocenters. The van der Waals surface area contributed by atoms with Crippen LogP contribution in [0, 0.1) is 41.9 Å². The van der Waals surface area contributed by atoms with Crippen molar-refractivity contribution in [3.63, 3.8) is 0 Å². The first-order valence-electron chi connectivity index (χ1n) is 26.1. The molecule has 0 aliphatic carbocycles. The normalized spacial score (nSPS) is 32.9. The zero-order chi connectivity index (χ0) is 52.2. The minimum Gasteiger partial charge on any atom is -0.507 e. The molecule has 3 saturated heterocycles. The number of nitrogens with one attached hydrogen (secondary N) is 1. The molecule has 2 aromatic rings. The fraction of sp³-hybridized carbons (Fsp3) is 0.655. The van der Waals surface area contributed by atoms with Crippen LogP contribution in [0.4, 0.5) is 10.5 Å². The van der Waals surface area contributed by atoms with Gasteiger partial charge >= 0.3 is 11.9 Å². The molecule has 7 heterocycles. The number of phenols is 2. The summed E-state index contributed by atoms with van der Waals surface area (Å²) in [5.41, 5.74) is -0.355. The second kappa shape index (κ2) is 20.7. The van der Waals surface area contributed by atoms with Gasteiger partial charge in [0.15, 0.2) is 11.4 Å². The Morgan fingerprint density at radius 3 is 2.14 bits per heavy atom. The van der Waals surface area contributed by atoms with Gasteiger partial charge in [-0.1, -0.05) is 59.8 Å². The summed E-state index contributed by atoms with van der Waals surface area (Å²) in [5, 5.41) is 51.3. The third-order valence-corrected chi connectivity index (χ3v) is 17.0. The van der Waals surface area contributed by atoms with E-state index in [-0.39, 0.29) is 60.8 Å². The van der Waals surface area contributed by atoms with E-state index >= 15 is 0 Å². The lowest BCUT2D eigenvalue weighted by Crippen LogP contribution is -2.51. The maximum atomic E-state index is 15.0. The molecule has 7 aliphatic rings. The quantitative estimate of drug-likeness (QED) is 0.218. The number of phenolic OH excluding ortho intramolecular Hbond substituents is 2. The van der Waals surface area contributed by atoms with E-state index in [1.807, 2.05) is 13.8 Å². The van der Waals surface area contributed by atoms with Crippen LogP contribution in [0.2, 0.25) is 0 Å². The minimum atomic E-state index is -1.98. The number of carbonyl (C=O) groups is 3. The zero-order valence-electron chi connectivity index (χ0n) is 44.2. The molecule has 0 aromatic heterocycles. The Morgan fingerprint density at radius 2 is 1.50 bits per heavy atom. The molecule has 0 saturated carbocycles. The number of aliphatic hydroxyl groups excluding tert-OH is 2. The van der Waals surface area contributed by atoms with Crippen molar-refractivity contribution >= 4 is 34.2 Å². The van der Waals surface area contributed by atoms with Crippen molar-refractivity contribution < 1.29 is 53.8 Å². The van der Waals surface area contributed by atoms with Crippen molar-refractivity contribution in [1.29, 1.82) is 0 Å². The van der Waals surface area contributed by atoms with Crippen molar-refractivity contribution in [2.45, 2.75) is 137 Å². The van der Waals surface area contributed by atoms with Crippen molar-refractivity contribution in [3.8, 4) is 17.2 Å². The molecule has 1 unspecified atom stereocenters. The number of hydrogen-bond acceptors (Lipinski definition) is 15. The van der Waals surface area contributed by atoms with Crippen LogP contribution < -0.4 is 20.8 Å². The number of ether oxygens (including phenoxy) is 4. The molecular formula is C55H78N6O11. The minimum absolute atomic E-state index is 0.0425. The highest BCUT2D eigenvalue weighted by Crippen LogP contribution is 2.50. The van der Waals surface area contributed by atoms with E-state index in [1.54, 1.807) is 56.9 Å². The van der Waals surface area contributed by atoms with Crippen molar-refractivity contribution in [2.75, 3.05) is 65.3 Å². The van der Waals surface area contributed by atoms with Crippen LogP contribution >= 0.6 is 0 Å². The number of allylic oxidation sites excluding steroid dienone is 2. The molecule has 17 nitrogen and oxygen atoms in total. The van der Waals surface area contributed by atoms with Gasteiger partial charge in [0, 0.05) is 99.8 Å². The predicted octanol–water partition coefficient (Wildman–Crippen LogP) is 6.13. The van der Waals surface area contributed by atoms with Gasteiger partial charge in [-0.25, -0.2) is 4.79 Å². The maximum absolute atomic E-state index is 15.0. The number of fused-ring (bicyclic) bond motifs is 13.